The van der Waals surface area contributed by atoms with Crippen molar-refractivity contribution in [2.45, 2.75) is 13.0 Å². The quantitative estimate of drug-likeness (QED) is 0.737. The van der Waals surface area contributed by atoms with E-state index in [9.17, 15) is 14.0 Å². The first-order valence-electron chi connectivity index (χ1n) is 5.08. The van der Waals surface area contributed by atoms with Crippen molar-refractivity contribution >= 4 is 46.1 Å². The van der Waals surface area contributed by atoms with E-state index in [0.717, 1.165) is 0 Å². The van der Waals surface area contributed by atoms with E-state index in [1.54, 1.807) is 6.07 Å². The Bertz CT molecular complexity index is 450. The van der Waals surface area contributed by atoms with E-state index in [-0.39, 0.29) is 17.3 Å². The Morgan fingerprint density at radius 2 is 2.17 bits per heavy atom. The predicted molar refractivity (Wildman–Crippen MR) is 74.2 cm³/mol. The lowest BCUT2D eigenvalue weighted by molar-refractivity contribution is -0.124. The zero-order valence-corrected chi connectivity index (χ0v) is 12.0. The second kappa shape index (κ2) is 6.75. The van der Waals surface area contributed by atoms with Crippen molar-refractivity contribution in [3.8, 4) is 0 Å². The largest absolute Gasteiger partial charge is 0.344 e. The van der Waals surface area contributed by atoms with Crippen molar-refractivity contribution in [2.75, 3.05) is 11.1 Å². The van der Waals surface area contributed by atoms with Crippen molar-refractivity contribution in [3.05, 3.63) is 28.5 Å². The average molecular weight is 335 g/mol. The Labute approximate surface area is 118 Å². The maximum atomic E-state index is 13.5. The zero-order valence-electron chi connectivity index (χ0n) is 9.54. The second-order valence-electron chi connectivity index (χ2n) is 3.52. The molecule has 0 saturated carbocycles. The van der Waals surface area contributed by atoms with Gasteiger partial charge < -0.3 is 10.6 Å². The summed E-state index contributed by atoms with van der Waals surface area (Å²) in [6.45, 7) is 1.29. The first kappa shape index (κ1) is 15.0. The highest BCUT2D eigenvalue weighted by molar-refractivity contribution is 9.10. The van der Waals surface area contributed by atoms with Crippen LogP contribution in [-0.2, 0) is 9.59 Å². The minimum Gasteiger partial charge on any atom is -0.344 e. The van der Waals surface area contributed by atoms with Crippen LogP contribution in [0.5, 0.6) is 0 Å². The fourth-order valence-corrected chi connectivity index (χ4v) is 1.97. The van der Waals surface area contributed by atoms with Gasteiger partial charge in [-0.25, -0.2) is 4.39 Å². The lowest BCUT2D eigenvalue weighted by atomic mass is 10.2. The zero-order chi connectivity index (χ0) is 13.7. The van der Waals surface area contributed by atoms with Crippen molar-refractivity contribution in [1.29, 1.82) is 0 Å². The van der Waals surface area contributed by atoms with Gasteiger partial charge in [-0.2, -0.15) is 12.6 Å². The minimum atomic E-state index is -0.808. The molecule has 0 saturated heterocycles. The van der Waals surface area contributed by atoms with Crippen LogP contribution in [0.15, 0.2) is 22.7 Å². The first-order chi connectivity index (χ1) is 8.45. The molecule has 0 spiro atoms. The average Bonchev–Trinajstić information content (AvgIpc) is 2.30. The SMILES string of the molecule is CC(=O)NC(CS)C(=O)Nc1c(F)cccc1Br. The van der Waals surface area contributed by atoms with Crippen LogP contribution >= 0.6 is 28.6 Å². The molecule has 18 heavy (non-hydrogen) atoms. The van der Waals surface area contributed by atoms with E-state index in [1.807, 2.05) is 0 Å². The van der Waals surface area contributed by atoms with E-state index in [1.165, 1.54) is 19.1 Å². The number of carbonyl (C=O) groups is 2. The highest BCUT2D eigenvalue weighted by Crippen LogP contribution is 2.25. The topological polar surface area (TPSA) is 58.2 Å². The summed E-state index contributed by atoms with van der Waals surface area (Å²) >= 11 is 7.10. The molecule has 0 bridgehead atoms. The number of hydrogen-bond donors (Lipinski definition) is 3. The maximum absolute atomic E-state index is 13.5. The van der Waals surface area contributed by atoms with Crippen LogP contribution in [0, 0.1) is 5.82 Å². The van der Waals surface area contributed by atoms with Crippen LogP contribution in [0.25, 0.3) is 0 Å². The van der Waals surface area contributed by atoms with Crippen molar-refractivity contribution < 1.29 is 14.0 Å². The summed E-state index contributed by atoms with van der Waals surface area (Å²) < 4.78 is 13.9. The number of carbonyl (C=O) groups excluding carboxylic acids is 2. The molecule has 1 unspecified atom stereocenters. The van der Waals surface area contributed by atoms with Gasteiger partial charge >= 0.3 is 0 Å². The van der Waals surface area contributed by atoms with E-state index < -0.39 is 17.8 Å². The Kier molecular flexibility index (Phi) is 5.61. The molecule has 0 heterocycles. The van der Waals surface area contributed by atoms with Gasteiger partial charge in [0.1, 0.15) is 11.9 Å². The number of amides is 2. The third kappa shape index (κ3) is 3.99. The summed E-state index contributed by atoms with van der Waals surface area (Å²) in [4.78, 5) is 22.7. The lowest BCUT2D eigenvalue weighted by Gasteiger charge is -2.16. The second-order valence-corrected chi connectivity index (χ2v) is 4.74. The molecule has 0 fully saturated rings. The number of para-hydroxylation sites is 1. The van der Waals surface area contributed by atoms with Crippen LogP contribution in [-0.4, -0.2) is 23.6 Å². The van der Waals surface area contributed by atoms with Gasteiger partial charge in [-0.05, 0) is 28.1 Å². The van der Waals surface area contributed by atoms with E-state index >= 15 is 0 Å². The molecule has 0 aliphatic rings. The molecule has 7 heteroatoms. The highest BCUT2D eigenvalue weighted by Gasteiger charge is 2.19. The first-order valence-corrected chi connectivity index (χ1v) is 6.51. The number of nitrogens with one attached hydrogen (secondary N) is 2. The van der Waals surface area contributed by atoms with E-state index in [4.69, 9.17) is 0 Å². The van der Waals surface area contributed by atoms with Crippen molar-refractivity contribution in [1.82, 2.24) is 5.32 Å². The molecule has 98 valence electrons. The smallest absolute Gasteiger partial charge is 0.247 e. The number of anilines is 1. The van der Waals surface area contributed by atoms with Crippen LogP contribution in [0.3, 0.4) is 0 Å². The molecule has 0 aliphatic heterocycles. The van der Waals surface area contributed by atoms with Gasteiger partial charge in [0.15, 0.2) is 0 Å². The molecule has 1 rings (SSSR count). The summed E-state index contributed by atoms with van der Waals surface area (Å²) in [5.74, 6) is -1.31. The number of hydrogen-bond acceptors (Lipinski definition) is 3. The maximum Gasteiger partial charge on any atom is 0.247 e. The summed E-state index contributed by atoms with van der Waals surface area (Å²) in [6, 6.07) is 3.54. The summed E-state index contributed by atoms with van der Waals surface area (Å²) in [5, 5.41) is 4.83. The number of halogens is 2. The monoisotopic (exact) mass is 334 g/mol. The van der Waals surface area contributed by atoms with Gasteiger partial charge in [-0.3, -0.25) is 9.59 Å². The van der Waals surface area contributed by atoms with Gasteiger partial charge in [0, 0.05) is 17.1 Å². The normalized spacial score (nSPS) is 11.8. The van der Waals surface area contributed by atoms with Crippen molar-refractivity contribution in [2.24, 2.45) is 0 Å². The standard InChI is InChI=1S/C11H12BrFN2O2S/c1-6(16)14-9(5-18)11(17)15-10-7(12)3-2-4-8(10)13/h2-4,9,18H,5H2,1H3,(H,14,16)(H,15,17). The Morgan fingerprint density at radius 3 is 2.67 bits per heavy atom. The predicted octanol–water partition coefficient (Wildman–Crippen LogP) is 1.96. The Hall–Kier alpha value is -1.08. The van der Waals surface area contributed by atoms with E-state index in [2.05, 4.69) is 39.2 Å². The van der Waals surface area contributed by atoms with Crippen LogP contribution in [0.4, 0.5) is 10.1 Å². The molecule has 1 aromatic rings. The van der Waals surface area contributed by atoms with Gasteiger partial charge in [-0.1, -0.05) is 6.07 Å². The molecule has 4 nitrogen and oxygen atoms in total. The molecule has 0 aromatic heterocycles. The van der Waals surface area contributed by atoms with Crippen molar-refractivity contribution in [3.63, 3.8) is 0 Å². The van der Waals surface area contributed by atoms with Crippen LogP contribution < -0.4 is 10.6 Å². The van der Waals surface area contributed by atoms with Gasteiger partial charge in [0.2, 0.25) is 11.8 Å². The van der Waals surface area contributed by atoms with E-state index in [0.29, 0.717) is 4.47 Å². The molecule has 0 radical (unpaired) electrons. The minimum absolute atomic E-state index is 0.0413. The fraction of sp³-hybridized carbons (Fsp3) is 0.273. The van der Waals surface area contributed by atoms with Gasteiger partial charge in [0.05, 0.1) is 5.69 Å². The summed E-state index contributed by atoms with van der Waals surface area (Å²) in [5.41, 5.74) is 0.0413. The van der Waals surface area contributed by atoms with Gasteiger partial charge in [0.25, 0.3) is 0 Å². The molecular formula is C11H12BrFN2O2S. The third-order valence-electron chi connectivity index (χ3n) is 2.09. The third-order valence-corrected chi connectivity index (χ3v) is 3.11. The van der Waals surface area contributed by atoms with Crippen LogP contribution in [0.1, 0.15) is 6.92 Å². The summed E-state index contributed by atoms with van der Waals surface area (Å²) in [7, 11) is 0. The fourth-order valence-electron chi connectivity index (χ4n) is 1.27. The number of thiol groups is 1. The summed E-state index contributed by atoms with van der Waals surface area (Å²) in [6.07, 6.45) is 0. The number of rotatable bonds is 4. The Morgan fingerprint density at radius 1 is 1.50 bits per heavy atom. The molecule has 0 aliphatic carbocycles. The number of benzene rings is 1. The molecule has 1 atom stereocenters. The molecule has 2 N–H and O–H groups in total. The van der Waals surface area contributed by atoms with Crippen LogP contribution in [0.2, 0.25) is 0 Å². The molecule has 2 amide bonds. The molecular weight excluding hydrogens is 323 g/mol. The Balaban J connectivity index is 2.83. The molecule has 1 aromatic carbocycles. The van der Waals surface area contributed by atoms with Gasteiger partial charge in [-0.15, -0.1) is 0 Å². The highest BCUT2D eigenvalue weighted by atomic mass is 79.9. The lowest BCUT2D eigenvalue weighted by Crippen LogP contribution is -2.44.